The molecule has 4 aromatic carbocycles. The summed E-state index contributed by atoms with van der Waals surface area (Å²) in [5.41, 5.74) is 2.65. The molecule has 0 aromatic heterocycles. The summed E-state index contributed by atoms with van der Waals surface area (Å²) in [4.78, 5) is 12.4. The second kappa shape index (κ2) is 42.9. The standard InChI is InChI=1S/C64H96O8.K/c1-4-7-10-13-16-19-22-25-28-31-46-67-58-40-34-54(35-41-58)51-70-61-49-57(64(65)66)50-62(71-52-55-36-42-59(43-37-55)68-47-32-29-26-23-20-17-14-11-8-5-2)63(61)72-53-56-38-44-60(45-39-56)69-48-33-30-27-24-21-18-15-12-9-6-3;/h34-45,49-50H,4-33,46-48,51-53H2,1-3H3,(H,65,66);/q;+1/p-1. The number of aromatic carboxylic acids is 1. The second-order valence-electron chi connectivity index (χ2n) is 20.0. The van der Waals surface area contributed by atoms with E-state index in [1.165, 1.54) is 185 Å². The maximum atomic E-state index is 12.4. The Balaban J connectivity index is 0.0000141. The van der Waals surface area contributed by atoms with Gasteiger partial charge in [0.2, 0.25) is 5.75 Å². The van der Waals surface area contributed by atoms with Crippen LogP contribution in [0.1, 0.15) is 240 Å². The molecular formula is C64H95KO8. The van der Waals surface area contributed by atoms with Crippen molar-refractivity contribution >= 4 is 5.97 Å². The molecule has 0 aliphatic rings. The minimum atomic E-state index is -1.34. The average Bonchev–Trinajstić information content (AvgIpc) is 3.40. The Morgan fingerprint density at radius 2 is 0.589 bits per heavy atom. The number of hydrogen-bond acceptors (Lipinski definition) is 8. The van der Waals surface area contributed by atoms with Gasteiger partial charge in [0.05, 0.1) is 25.8 Å². The van der Waals surface area contributed by atoms with E-state index in [-0.39, 0.29) is 88.3 Å². The Morgan fingerprint density at radius 1 is 0.342 bits per heavy atom. The van der Waals surface area contributed by atoms with Crippen molar-refractivity contribution in [2.45, 2.75) is 233 Å². The monoisotopic (exact) mass is 1030 g/mol. The molecular weight excluding hydrogens is 936 g/mol. The molecule has 0 N–H and O–H groups in total. The Morgan fingerprint density at radius 3 is 0.849 bits per heavy atom. The van der Waals surface area contributed by atoms with Crippen molar-refractivity contribution < 1.29 is 89.7 Å². The number of hydrogen-bond donors (Lipinski definition) is 0. The van der Waals surface area contributed by atoms with Gasteiger partial charge in [0.1, 0.15) is 37.1 Å². The van der Waals surface area contributed by atoms with Crippen LogP contribution in [-0.2, 0) is 19.8 Å². The summed E-state index contributed by atoms with van der Waals surface area (Å²) < 4.78 is 37.4. The number of carbonyl (C=O) groups excluding carboxylic acids is 1. The van der Waals surface area contributed by atoms with Crippen LogP contribution in [0.2, 0.25) is 0 Å². The first kappa shape index (κ1) is 64.1. The topological polar surface area (TPSA) is 95.5 Å². The van der Waals surface area contributed by atoms with Crippen molar-refractivity contribution in [1.29, 1.82) is 0 Å². The maximum absolute atomic E-state index is 12.4. The number of carboxylic acid groups (broad SMARTS) is 1. The molecule has 73 heavy (non-hydrogen) atoms. The number of rotatable bonds is 46. The summed E-state index contributed by atoms with van der Waals surface area (Å²) in [5, 5.41) is 12.4. The van der Waals surface area contributed by atoms with Gasteiger partial charge in [-0.15, -0.1) is 0 Å². The Labute approximate surface area is 486 Å². The van der Waals surface area contributed by atoms with Crippen molar-refractivity contribution in [2.75, 3.05) is 19.8 Å². The number of ether oxygens (including phenoxy) is 6. The van der Waals surface area contributed by atoms with Crippen LogP contribution in [0.25, 0.3) is 0 Å². The van der Waals surface area contributed by atoms with E-state index in [4.69, 9.17) is 28.4 Å². The third-order valence-electron chi connectivity index (χ3n) is 13.5. The molecule has 0 atom stereocenters. The number of carboxylic acids is 1. The first-order chi connectivity index (χ1) is 35.5. The van der Waals surface area contributed by atoms with Crippen LogP contribution in [0.4, 0.5) is 0 Å². The van der Waals surface area contributed by atoms with Crippen molar-refractivity contribution in [3.8, 4) is 34.5 Å². The van der Waals surface area contributed by atoms with Crippen molar-refractivity contribution in [1.82, 2.24) is 0 Å². The molecule has 0 amide bonds. The number of benzene rings is 4. The molecule has 0 saturated heterocycles. The summed E-state index contributed by atoms with van der Waals surface area (Å²) >= 11 is 0. The number of unbranched alkanes of at least 4 members (excludes halogenated alkanes) is 27. The second-order valence-corrected chi connectivity index (χ2v) is 20.0. The fourth-order valence-corrected chi connectivity index (χ4v) is 8.91. The quantitative estimate of drug-likeness (QED) is 0.0319. The van der Waals surface area contributed by atoms with Gasteiger partial charge in [-0.1, -0.05) is 231 Å². The minimum Gasteiger partial charge on any atom is -0.545 e. The van der Waals surface area contributed by atoms with E-state index in [9.17, 15) is 9.90 Å². The van der Waals surface area contributed by atoms with E-state index in [0.717, 1.165) is 53.2 Å². The van der Waals surface area contributed by atoms with Crippen LogP contribution in [0.3, 0.4) is 0 Å². The van der Waals surface area contributed by atoms with Crippen LogP contribution >= 0.6 is 0 Å². The third-order valence-corrected chi connectivity index (χ3v) is 13.5. The van der Waals surface area contributed by atoms with Gasteiger partial charge in [-0.25, -0.2) is 0 Å². The van der Waals surface area contributed by atoms with E-state index < -0.39 is 5.97 Å². The Hall–Kier alpha value is -3.21. The van der Waals surface area contributed by atoms with Crippen LogP contribution in [0.5, 0.6) is 34.5 Å². The normalized spacial score (nSPS) is 11.0. The fraction of sp³-hybridized carbons (Fsp3) is 0.609. The fourth-order valence-electron chi connectivity index (χ4n) is 8.91. The SMILES string of the molecule is CCCCCCCCCCCCOc1ccc(COc2cc(C(=O)[O-])cc(OCc3ccc(OCCCCCCCCCCCC)cc3)c2OCc2ccc(OCCCCCCCCCCCC)cc2)cc1.[K+]. The molecule has 0 aliphatic heterocycles. The van der Waals surface area contributed by atoms with Crippen LogP contribution in [-0.4, -0.2) is 25.8 Å². The summed E-state index contributed by atoms with van der Waals surface area (Å²) in [7, 11) is 0. The molecule has 400 valence electrons. The first-order valence-electron chi connectivity index (χ1n) is 28.9. The van der Waals surface area contributed by atoms with E-state index >= 15 is 0 Å². The van der Waals surface area contributed by atoms with Crippen molar-refractivity contribution in [3.05, 3.63) is 107 Å². The summed E-state index contributed by atoms with van der Waals surface area (Å²) in [6.07, 6.45) is 38.6. The largest absolute Gasteiger partial charge is 1.00 e. The van der Waals surface area contributed by atoms with Gasteiger partial charge < -0.3 is 38.3 Å². The molecule has 0 unspecified atom stereocenters. The van der Waals surface area contributed by atoms with Gasteiger partial charge in [0, 0.05) is 5.56 Å². The molecule has 4 rings (SSSR count). The Kier molecular flexibility index (Phi) is 37.7. The van der Waals surface area contributed by atoms with Crippen LogP contribution in [0.15, 0.2) is 84.9 Å². The third kappa shape index (κ3) is 30.2. The van der Waals surface area contributed by atoms with Crippen LogP contribution < -0.4 is 84.9 Å². The van der Waals surface area contributed by atoms with Gasteiger partial charge >= 0.3 is 51.4 Å². The first-order valence-corrected chi connectivity index (χ1v) is 28.9. The number of carbonyl (C=O) groups is 1. The van der Waals surface area contributed by atoms with Crippen molar-refractivity contribution in [2.24, 2.45) is 0 Å². The molecule has 0 heterocycles. The molecule has 0 bridgehead atoms. The van der Waals surface area contributed by atoms with E-state index in [2.05, 4.69) is 20.8 Å². The molecule has 0 radical (unpaired) electrons. The predicted molar refractivity (Wildman–Crippen MR) is 295 cm³/mol. The van der Waals surface area contributed by atoms with Crippen LogP contribution in [0, 0.1) is 0 Å². The van der Waals surface area contributed by atoms with Gasteiger partial charge in [0.15, 0.2) is 11.5 Å². The summed E-state index contributed by atoms with van der Waals surface area (Å²) in [5.74, 6) is 1.94. The smallest absolute Gasteiger partial charge is 0.545 e. The zero-order valence-corrected chi connectivity index (χ0v) is 49.4. The van der Waals surface area contributed by atoms with Gasteiger partial charge in [0.25, 0.3) is 0 Å². The van der Waals surface area contributed by atoms with Gasteiger partial charge in [-0.3, -0.25) is 0 Å². The molecule has 8 nitrogen and oxygen atoms in total. The Bertz CT molecular complexity index is 1840. The predicted octanol–water partition coefficient (Wildman–Crippen LogP) is 14.7. The molecule has 0 fully saturated rings. The van der Waals surface area contributed by atoms with E-state index in [0.29, 0.717) is 25.6 Å². The molecule has 4 aromatic rings. The summed E-state index contributed by atoms with van der Waals surface area (Å²) in [6.45, 7) is 9.43. The van der Waals surface area contributed by atoms with E-state index in [1.54, 1.807) is 0 Å². The average molecular weight is 1030 g/mol. The molecule has 0 aliphatic carbocycles. The van der Waals surface area contributed by atoms with Crippen molar-refractivity contribution in [3.63, 3.8) is 0 Å². The molecule has 0 saturated carbocycles. The zero-order valence-electron chi connectivity index (χ0n) is 46.3. The minimum absolute atomic E-state index is 0. The zero-order chi connectivity index (χ0) is 50.9. The van der Waals surface area contributed by atoms with Gasteiger partial charge in [-0.05, 0) is 84.5 Å². The molecule has 9 heteroatoms. The van der Waals surface area contributed by atoms with E-state index in [1.807, 2.05) is 72.8 Å². The molecule has 0 spiro atoms. The van der Waals surface area contributed by atoms with Gasteiger partial charge in [-0.2, -0.15) is 0 Å². The maximum Gasteiger partial charge on any atom is 1.00 e. The summed E-state index contributed by atoms with van der Waals surface area (Å²) in [6, 6.07) is 26.5.